The van der Waals surface area contributed by atoms with Gasteiger partial charge in [-0.1, -0.05) is 249 Å². The summed E-state index contributed by atoms with van der Waals surface area (Å²) in [4.78, 5) is 38.0. The summed E-state index contributed by atoms with van der Waals surface area (Å²) in [6.07, 6.45) is 62.4. The van der Waals surface area contributed by atoms with Crippen LogP contribution in [0.3, 0.4) is 0 Å². The molecule has 0 aromatic carbocycles. The predicted molar refractivity (Wildman–Crippen MR) is 270 cm³/mol. The highest BCUT2D eigenvalue weighted by Gasteiger charge is 2.19. The maximum absolute atomic E-state index is 12.8. The van der Waals surface area contributed by atoms with Gasteiger partial charge in [-0.25, -0.2) is 0 Å². The van der Waals surface area contributed by atoms with Crippen molar-refractivity contribution in [3.8, 4) is 0 Å². The van der Waals surface area contributed by atoms with E-state index in [0.29, 0.717) is 19.3 Å². The summed E-state index contributed by atoms with van der Waals surface area (Å²) in [6, 6.07) is 0. The molecule has 0 fully saturated rings. The van der Waals surface area contributed by atoms with Crippen LogP contribution in [0.5, 0.6) is 0 Å². The summed E-state index contributed by atoms with van der Waals surface area (Å²) >= 11 is 0. The fraction of sp³-hybridized carbons (Fsp3) is 0.807. The van der Waals surface area contributed by atoms with Crippen molar-refractivity contribution in [1.29, 1.82) is 0 Å². The third kappa shape index (κ3) is 50.2. The lowest BCUT2D eigenvalue weighted by Crippen LogP contribution is -2.30. The van der Waals surface area contributed by atoms with Crippen LogP contribution in [0.1, 0.15) is 278 Å². The zero-order valence-corrected chi connectivity index (χ0v) is 41.8. The van der Waals surface area contributed by atoms with E-state index < -0.39 is 6.10 Å². The lowest BCUT2D eigenvalue weighted by molar-refractivity contribution is -0.167. The standard InChI is InChI=1S/C57H102O6/c1-4-7-10-13-16-19-22-24-26-28-30-32-35-38-41-44-47-50-56(59)62-53-54(52-61-55(58)49-46-43-40-37-34-21-18-15-12-9-6-3)63-57(60)51-48-45-42-39-36-33-31-29-27-25-23-20-17-14-11-8-5-2/h17,20,25,27,31,33,39,42,54H,4-16,18-19,21-24,26,28-30,32,34-38,40-41,43-53H2,1-3H3/b20-17-,27-25-,33-31-,42-39-/t54-/m0/s1. The monoisotopic (exact) mass is 883 g/mol. The van der Waals surface area contributed by atoms with E-state index >= 15 is 0 Å². The highest BCUT2D eigenvalue weighted by molar-refractivity contribution is 5.71. The van der Waals surface area contributed by atoms with Crippen molar-refractivity contribution in [2.45, 2.75) is 284 Å². The number of carbonyl (C=O) groups excluding carboxylic acids is 3. The zero-order chi connectivity index (χ0) is 45.8. The molecule has 6 nitrogen and oxygen atoms in total. The van der Waals surface area contributed by atoms with Gasteiger partial charge in [0.2, 0.25) is 0 Å². The van der Waals surface area contributed by atoms with E-state index in [1.165, 1.54) is 167 Å². The van der Waals surface area contributed by atoms with Gasteiger partial charge in [0, 0.05) is 19.3 Å². The molecular weight excluding hydrogens is 781 g/mol. The first-order valence-electron chi connectivity index (χ1n) is 27.1. The minimum absolute atomic E-state index is 0.0908. The van der Waals surface area contributed by atoms with Crippen molar-refractivity contribution >= 4 is 17.9 Å². The average Bonchev–Trinajstić information content (AvgIpc) is 3.28. The first-order chi connectivity index (χ1) is 31.0. The number of esters is 3. The molecule has 63 heavy (non-hydrogen) atoms. The molecular formula is C57H102O6. The zero-order valence-electron chi connectivity index (χ0n) is 41.8. The van der Waals surface area contributed by atoms with Crippen molar-refractivity contribution in [3.63, 3.8) is 0 Å². The fourth-order valence-corrected chi connectivity index (χ4v) is 7.73. The molecule has 0 aliphatic rings. The van der Waals surface area contributed by atoms with Gasteiger partial charge >= 0.3 is 17.9 Å². The molecule has 0 saturated carbocycles. The Hall–Kier alpha value is -2.63. The van der Waals surface area contributed by atoms with Crippen LogP contribution in [0.15, 0.2) is 48.6 Å². The fourth-order valence-electron chi connectivity index (χ4n) is 7.73. The van der Waals surface area contributed by atoms with E-state index in [0.717, 1.165) is 64.2 Å². The van der Waals surface area contributed by atoms with Crippen molar-refractivity contribution < 1.29 is 28.6 Å². The first-order valence-corrected chi connectivity index (χ1v) is 27.1. The molecule has 0 unspecified atom stereocenters. The van der Waals surface area contributed by atoms with Crippen LogP contribution in [0.4, 0.5) is 0 Å². The van der Waals surface area contributed by atoms with Crippen LogP contribution in [-0.2, 0) is 28.6 Å². The van der Waals surface area contributed by atoms with E-state index in [1.54, 1.807) is 0 Å². The van der Waals surface area contributed by atoms with Crippen LogP contribution in [0, 0.1) is 0 Å². The van der Waals surface area contributed by atoms with Gasteiger partial charge in [0.05, 0.1) is 0 Å². The highest BCUT2D eigenvalue weighted by atomic mass is 16.6. The van der Waals surface area contributed by atoms with E-state index in [9.17, 15) is 14.4 Å². The molecule has 0 saturated heterocycles. The van der Waals surface area contributed by atoms with Gasteiger partial charge in [0.1, 0.15) is 13.2 Å². The second-order valence-corrected chi connectivity index (χ2v) is 18.2. The molecule has 0 bridgehead atoms. The van der Waals surface area contributed by atoms with Crippen LogP contribution < -0.4 is 0 Å². The Bertz CT molecular complexity index is 1110. The molecule has 0 aliphatic heterocycles. The molecule has 366 valence electrons. The Morgan fingerprint density at radius 1 is 0.317 bits per heavy atom. The van der Waals surface area contributed by atoms with Crippen molar-refractivity contribution in [3.05, 3.63) is 48.6 Å². The van der Waals surface area contributed by atoms with Gasteiger partial charge in [0.15, 0.2) is 6.10 Å². The summed E-state index contributed by atoms with van der Waals surface area (Å²) in [6.45, 7) is 6.58. The summed E-state index contributed by atoms with van der Waals surface area (Å²) in [5, 5.41) is 0. The molecule has 0 rings (SSSR count). The molecule has 1 atom stereocenters. The molecule has 0 spiro atoms. The van der Waals surface area contributed by atoms with Gasteiger partial charge < -0.3 is 14.2 Å². The number of carbonyl (C=O) groups is 3. The molecule has 0 radical (unpaired) electrons. The SMILES string of the molecule is CCCCC/C=C\C/C=C\C/C=C\C/C=C\CCCC(=O)O[C@@H](COC(=O)CCCCCCCCCCCCC)COC(=O)CCCCCCCCCCCCCCCCCCC. The van der Waals surface area contributed by atoms with Gasteiger partial charge in [-0.3, -0.25) is 14.4 Å². The van der Waals surface area contributed by atoms with E-state index in [1.807, 2.05) is 0 Å². The number of unbranched alkanes of at least 4 members (excludes halogenated alkanes) is 30. The third-order valence-corrected chi connectivity index (χ3v) is 11.8. The average molecular weight is 883 g/mol. The molecule has 0 aliphatic carbocycles. The van der Waals surface area contributed by atoms with E-state index in [4.69, 9.17) is 14.2 Å². The molecule has 0 aromatic heterocycles. The Morgan fingerprint density at radius 2 is 0.587 bits per heavy atom. The number of hydrogen-bond acceptors (Lipinski definition) is 6. The van der Waals surface area contributed by atoms with Crippen molar-refractivity contribution in [2.24, 2.45) is 0 Å². The van der Waals surface area contributed by atoms with Crippen LogP contribution in [0.2, 0.25) is 0 Å². The summed E-state index contributed by atoms with van der Waals surface area (Å²) in [5.74, 6) is -0.936. The third-order valence-electron chi connectivity index (χ3n) is 11.8. The topological polar surface area (TPSA) is 78.9 Å². The minimum atomic E-state index is -0.796. The summed E-state index contributed by atoms with van der Waals surface area (Å²) in [5.41, 5.74) is 0. The summed E-state index contributed by atoms with van der Waals surface area (Å²) in [7, 11) is 0. The van der Waals surface area contributed by atoms with Gasteiger partial charge in [0.25, 0.3) is 0 Å². The van der Waals surface area contributed by atoms with Crippen LogP contribution in [-0.4, -0.2) is 37.2 Å². The first kappa shape index (κ1) is 60.4. The molecule has 0 aromatic rings. The van der Waals surface area contributed by atoms with Crippen LogP contribution >= 0.6 is 0 Å². The smallest absolute Gasteiger partial charge is 0.306 e. The normalized spacial score (nSPS) is 12.4. The maximum Gasteiger partial charge on any atom is 0.306 e. The second kappa shape index (κ2) is 52.0. The number of ether oxygens (including phenoxy) is 3. The van der Waals surface area contributed by atoms with Gasteiger partial charge in [-0.2, -0.15) is 0 Å². The number of allylic oxidation sites excluding steroid dienone is 8. The predicted octanol–water partition coefficient (Wildman–Crippen LogP) is 17.9. The molecule has 0 amide bonds. The lowest BCUT2D eigenvalue weighted by Gasteiger charge is -2.18. The Balaban J connectivity index is 4.41. The van der Waals surface area contributed by atoms with Crippen molar-refractivity contribution in [2.75, 3.05) is 13.2 Å². The quantitative estimate of drug-likeness (QED) is 0.0262. The minimum Gasteiger partial charge on any atom is -0.462 e. The Labute approximate surface area is 390 Å². The molecule has 0 heterocycles. The second-order valence-electron chi connectivity index (χ2n) is 18.2. The van der Waals surface area contributed by atoms with Crippen molar-refractivity contribution in [1.82, 2.24) is 0 Å². The molecule has 6 heteroatoms. The lowest BCUT2D eigenvalue weighted by atomic mass is 10.0. The summed E-state index contributed by atoms with van der Waals surface area (Å²) < 4.78 is 16.8. The number of hydrogen-bond donors (Lipinski definition) is 0. The van der Waals surface area contributed by atoms with Crippen LogP contribution in [0.25, 0.3) is 0 Å². The Morgan fingerprint density at radius 3 is 0.937 bits per heavy atom. The molecule has 0 N–H and O–H groups in total. The largest absolute Gasteiger partial charge is 0.462 e. The van der Waals surface area contributed by atoms with E-state index in [-0.39, 0.29) is 37.5 Å². The number of rotatable bonds is 49. The van der Waals surface area contributed by atoms with E-state index in [2.05, 4.69) is 69.4 Å². The maximum atomic E-state index is 12.8. The van der Waals surface area contributed by atoms with Gasteiger partial charge in [-0.05, 0) is 57.8 Å². The van der Waals surface area contributed by atoms with Gasteiger partial charge in [-0.15, -0.1) is 0 Å². The highest BCUT2D eigenvalue weighted by Crippen LogP contribution is 2.16. The Kier molecular flexibility index (Phi) is 49.8.